The molecule has 2 aromatic carbocycles. The molecular formula is C30H49NO3. The molecule has 0 unspecified atom stereocenters. The zero-order chi connectivity index (χ0) is 25.6. The van der Waals surface area contributed by atoms with Crippen LogP contribution in [-0.4, -0.2) is 24.2 Å². The molecule has 4 nitrogen and oxygen atoms in total. The molecular weight excluding hydrogens is 422 g/mol. The highest BCUT2D eigenvalue weighted by Crippen LogP contribution is 2.37. The van der Waals surface area contributed by atoms with Crippen LogP contribution in [0.1, 0.15) is 98.1 Å². The first-order valence-corrected chi connectivity index (χ1v) is 13.4. The Hall–Kier alpha value is -2.07. The lowest BCUT2D eigenvalue weighted by molar-refractivity contribution is -0.142. The number of carbonyl (C=O) groups excluding carboxylic acids is 1. The van der Waals surface area contributed by atoms with E-state index >= 15 is 0 Å². The van der Waals surface area contributed by atoms with Crippen molar-refractivity contribution in [3.63, 3.8) is 0 Å². The molecule has 0 amide bonds. The molecule has 4 heteroatoms. The summed E-state index contributed by atoms with van der Waals surface area (Å²) < 4.78 is 4.89. The normalized spacial score (nSPS) is 14.0. The van der Waals surface area contributed by atoms with Gasteiger partial charge in [0.2, 0.25) is 0 Å². The van der Waals surface area contributed by atoms with Gasteiger partial charge in [-0.2, -0.15) is 0 Å². The molecule has 3 rings (SSSR count). The number of fused-ring (bicyclic) bond motifs is 1. The summed E-state index contributed by atoms with van der Waals surface area (Å²) >= 11 is 0. The average molecular weight is 472 g/mol. The molecule has 0 bridgehead atoms. The Labute approximate surface area is 208 Å². The van der Waals surface area contributed by atoms with Gasteiger partial charge in [-0.3, -0.25) is 4.79 Å². The highest BCUT2D eigenvalue weighted by atomic mass is 16.5. The summed E-state index contributed by atoms with van der Waals surface area (Å²) in [5, 5.41) is 15.7. The Morgan fingerprint density at radius 2 is 1.68 bits per heavy atom. The quantitative estimate of drug-likeness (QED) is 0.319. The molecule has 0 atom stereocenters. The van der Waals surface area contributed by atoms with Crippen LogP contribution in [0.2, 0.25) is 0 Å². The summed E-state index contributed by atoms with van der Waals surface area (Å²) in [5.74, 6) is 1.10. The van der Waals surface area contributed by atoms with E-state index in [2.05, 4.69) is 39.1 Å². The number of phenols is 1. The highest BCUT2D eigenvalue weighted by Gasteiger charge is 2.25. The first-order valence-electron chi connectivity index (χ1n) is 13.4. The molecule has 1 fully saturated rings. The van der Waals surface area contributed by atoms with Crippen molar-refractivity contribution in [2.75, 3.05) is 13.2 Å². The molecule has 0 spiro atoms. The second-order valence-electron chi connectivity index (χ2n) is 9.87. The first kappa shape index (κ1) is 30.0. The van der Waals surface area contributed by atoms with Gasteiger partial charge in [-0.25, -0.2) is 0 Å². The predicted molar refractivity (Wildman–Crippen MR) is 145 cm³/mol. The third kappa shape index (κ3) is 9.66. The largest absolute Gasteiger partial charge is 0.508 e. The Balaban J connectivity index is 0.000000402. The van der Waals surface area contributed by atoms with Crippen LogP contribution in [0.15, 0.2) is 30.3 Å². The monoisotopic (exact) mass is 471 g/mol. The maximum Gasteiger partial charge on any atom is 0.307 e. The Morgan fingerprint density at radius 1 is 1.06 bits per heavy atom. The van der Waals surface area contributed by atoms with E-state index in [0.717, 1.165) is 28.9 Å². The molecule has 0 aromatic heterocycles. The fraction of sp³-hybridized carbons (Fsp3) is 0.633. The number of aryl methyl sites for hydroxylation is 1. The van der Waals surface area contributed by atoms with Crippen LogP contribution in [0, 0.1) is 11.3 Å². The number of nitrogens with one attached hydrogen (secondary N) is 1. The van der Waals surface area contributed by atoms with Gasteiger partial charge in [0.15, 0.2) is 0 Å². The lowest BCUT2D eigenvalue weighted by Gasteiger charge is -2.33. The molecule has 0 aliphatic heterocycles. The second-order valence-corrected chi connectivity index (χ2v) is 9.87. The van der Waals surface area contributed by atoms with Gasteiger partial charge in [0.1, 0.15) is 5.75 Å². The van der Waals surface area contributed by atoms with Gasteiger partial charge in [-0.1, -0.05) is 85.1 Å². The number of hydrogen-bond donors (Lipinski definition) is 2. The molecule has 2 aromatic rings. The van der Waals surface area contributed by atoms with Crippen molar-refractivity contribution in [1.82, 2.24) is 5.32 Å². The van der Waals surface area contributed by atoms with Gasteiger partial charge in [0.25, 0.3) is 0 Å². The van der Waals surface area contributed by atoms with E-state index < -0.39 is 0 Å². The van der Waals surface area contributed by atoms with Gasteiger partial charge in [-0.15, -0.1) is 0 Å². The fourth-order valence-corrected chi connectivity index (χ4v) is 4.58. The number of benzene rings is 2. The SMILES string of the molecule is CC.CC(C)(C)C1CCCCC1.CCOC(=O)CCNCc1c(O)cc(CC)c2ccccc12. The van der Waals surface area contributed by atoms with Crippen LogP contribution in [0.4, 0.5) is 0 Å². The van der Waals surface area contributed by atoms with Crippen molar-refractivity contribution < 1.29 is 14.6 Å². The van der Waals surface area contributed by atoms with Crippen molar-refractivity contribution >= 4 is 16.7 Å². The minimum atomic E-state index is -0.203. The van der Waals surface area contributed by atoms with Crippen LogP contribution in [-0.2, 0) is 22.5 Å². The van der Waals surface area contributed by atoms with Gasteiger partial charge in [-0.05, 0) is 59.9 Å². The van der Waals surface area contributed by atoms with Crippen LogP contribution in [0.25, 0.3) is 10.8 Å². The number of esters is 1. The van der Waals surface area contributed by atoms with Crippen molar-refractivity contribution in [1.29, 1.82) is 0 Å². The van der Waals surface area contributed by atoms with E-state index in [1.807, 2.05) is 38.1 Å². The van der Waals surface area contributed by atoms with E-state index in [9.17, 15) is 9.90 Å². The highest BCUT2D eigenvalue weighted by molar-refractivity contribution is 5.90. The summed E-state index contributed by atoms with van der Waals surface area (Å²) in [6.07, 6.45) is 8.59. The first-order chi connectivity index (χ1) is 16.3. The number of carbonyl (C=O) groups is 1. The zero-order valence-electron chi connectivity index (χ0n) is 22.8. The minimum absolute atomic E-state index is 0.203. The molecule has 1 aliphatic rings. The summed E-state index contributed by atoms with van der Waals surface area (Å²) in [5.41, 5.74) is 2.58. The van der Waals surface area contributed by atoms with Crippen molar-refractivity contribution in [3.05, 3.63) is 41.5 Å². The topological polar surface area (TPSA) is 58.6 Å². The van der Waals surface area contributed by atoms with E-state index in [0.29, 0.717) is 37.3 Å². The molecule has 1 aliphatic carbocycles. The number of hydrogen-bond acceptors (Lipinski definition) is 4. The third-order valence-corrected chi connectivity index (χ3v) is 6.54. The Kier molecular flexibility index (Phi) is 13.9. The zero-order valence-corrected chi connectivity index (χ0v) is 22.8. The van der Waals surface area contributed by atoms with Crippen LogP contribution in [0.5, 0.6) is 5.75 Å². The maximum atomic E-state index is 11.3. The van der Waals surface area contributed by atoms with E-state index in [-0.39, 0.29) is 5.97 Å². The lowest BCUT2D eigenvalue weighted by Crippen LogP contribution is -2.22. The second kappa shape index (κ2) is 15.8. The molecule has 1 saturated carbocycles. The average Bonchev–Trinajstić information content (AvgIpc) is 2.84. The minimum Gasteiger partial charge on any atom is -0.508 e. The summed E-state index contributed by atoms with van der Waals surface area (Å²) in [6, 6.07) is 9.93. The van der Waals surface area contributed by atoms with Gasteiger partial charge >= 0.3 is 5.97 Å². The number of phenolic OH excluding ortho intramolecular Hbond substituents is 1. The van der Waals surface area contributed by atoms with E-state index in [4.69, 9.17) is 4.74 Å². The smallest absolute Gasteiger partial charge is 0.307 e. The third-order valence-electron chi connectivity index (χ3n) is 6.54. The molecule has 0 saturated heterocycles. The molecule has 34 heavy (non-hydrogen) atoms. The number of ether oxygens (including phenoxy) is 1. The van der Waals surface area contributed by atoms with Crippen LogP contribution in [0.3, 0.4) is 0 Å². The van der Waals surface area contributed by atoms with Crippen LogP contribution < -0.4 is 5.32 Å². The van der Waals surface area contributed by atoms with E-state index in [1.54, 1.807) is 6.92 Å². The summed E-state index contributed by atoms with van der Waals surface area (Å²) in [6.45, 7) is 16.5. The van der Waals surface area contributed by atoms with Crippen molar-refractivity contribution in [2.45, 2.75) is 100.0 Å². The Morgan fingerprint density at radius 3 is 2.21 bits per heavy atom. The standard InChI is InChI=1S/C18H23NO3.C10H20.C2H6/c1-3-13-11-17(20)16(15-8-6-5-7-14(13)15)12-19-10-9-18(21)22-4-2;1-10(2,3)9-7-5-4-6-8-9;1-2/h5-8,11,19-20H,3-4,9-10,12H2,1-2H3;9H,4-8H2,1-3H3;1-2H3. The Bertz CT molecular complexity index is 848. The molecule has 192 valence electrons. The van der Waals surface area contributed by atoms with Crippen molar-refractivity contribution in [2.24, 2.45) is 11.3 Å². The lowest BCUT2D eigenvalue weighted by atomic mass is 9.72. The van der Waals surface area contributed by atoms with Gasteiger partial charge < -0.3 is 15.2 Å². The maximum absolute atomic E-state index is 11.3. The number of aromatic hydroxyl groups is 1. The summed E-state index contributed by atoms with van der Waals surface area (Å²) in [4.78, 5) is 11.3. The van der Waals surface area contributed by atoms with Gasteiger partial charge in [0, 0.05) is 18.7 Å². The van der Waals surface area contributed by atoms with E-state index in [1.165, 1.54) is 37.5 Å². The summed E-state index contributed by atoms with van der Waals surface area (Å²) in [7, 11) is 0. The van der Waals surface area contributed by atoms with Crippen LogP contribution >= 0.6 is 0 Å². The molecule has 0 heterocycles. The fourth-order valence-electron chi connectivity index (χ4n) is 4.58. The molecule has 0 radical (unpaired) electrons. The number of rotatable bonds is 7. The van der Waals surface area contributed by atoms with Crippen molar-refractivity contribution in [3.8, 4) is 5.75 Å². The molecule has 2 N–H and O–H groups in total. The van der Waals surface area contributed by atoms with Gasteiger partial charge in [0.05, 0.1) is 13.0 Å². The predicted octanol–water partition coefficient (Wildman–Crippen LogP) is 7.79.